The van der Waals surface area contributed by atoms with Gasteiger partial charge in [-0.25, -0.2) is 9.67 Å². The number of hydrogen-bond donors (Lipinski definition) is 1. The maximum absolute atomic E-state index is 12.6. The van der Waals surface area contributed by atoms with Crippen molar-refractivity contribution in [1.82, 2.24) is 14.8 Å². The minimum absolute atomic E-state index is 0.0231. The van der Waals surface area contributed by atoms with Gasteiger partial charge in [-0.1, -0.05) is 84.4 Å². The van der Waals surface area contributed by atoms with Crippen LogP contribution in [0.15, 0.2) is 84.9 Å². The molecule has 0 aliphatic carbocycles. The van der Waals surface area contributed by atoms with E-state index in [0.717, 1.165) is 11.1 Å². The molecule has 0 fully saturated rings. The van der Waals surface area contributed by atoms with Crippen LogP contribution in [-0.4, -0.2) is 20.7 Å². The van der Waals surface area contributed by atoms with E-state index in [9.17, 15) is 4.79 Å². The fraction of sp³-hybridized carbons (Fsp3) is 0.0455. The second-order valence-corrected chi connectivity index (χ2v) is 6.58. The summed E-state index contributed by atoms with van der Waals surface area (Å²) < 4.78 is 1.61. The molecule has 0 aliphatic rings. The number of nitrogens with one attached hydrogen (secondary N) is 1. The second-order valence-electron chi connectivity index (χ2n) is 6.18. The zero-order valence-corrected chi connectivity index (χ0v) is 15.7. The minimum atomic E-state index is -0.227. The molecule has 4 rings (SSSR count). The Bertz CT molecular complexity index is 1090. The van der Waals surface area contributed by atoms with E-state index in [-0.39, 0.29) is 12.5 Å². The van der Waals surface area contributed by atoms with E-state index in [1.165, 1.54) is 0 Å². The number of nitrogens with zero attached hydrogens (tertiary/aromatic N) is 3. The van der Waals surface area contributed by atoms with E-state index in [2.05, 4.69) is 15.4 Å². The van der Waals surface area contributed by atoms with Gasteiger partial charge < -0.3 is 5.32 Å². The predicted octanol–water partition coefficient (Wildman–Crippen LogP) is 4.90. The summed E-state index contributed by atoms with van der Waals surface area (Å²) in [6, 6.07) is 26.5. The summed E-state index contributed by atoms with van der Waals surface area (Å²) in [6.45, 7) is 0.0231. The van der Waals surface area contributed by atoms with Crippen LogP contribution < -0.4 is 5.32 Å². The van der Waals surface area contributed by atoms with Gasteiger partial charge in [0.15, 0.2) is 11.6 Å². The molecule has 0 bridgehead atoms. The number of rotatable bonds is 5. The van der Waals surface area contributed by atoms with Crippen LogP contribution >= 0.6 is 11.6 Å². The van der Waals surface area contributed by atoms with Crippen molar-refractivity contribution in [3.8, 4) is 22.8 Å². The minimum Gasteiger partial charge on any atom is -0.323 e. The molecule has 0 saturated heterocycles. The van der Waals surface area contributed by atoms with E-state index >= 15 is 0 Å². The van der Waals surface area contributed by atoms with Crippen molar-refractivity contribution < 1.29 is 4.79 Å². The van der Waals surface area contributed by atoms with Crippen LogP contribution in [0.4, 0.5) is 5.69 Å². The van der Waals surface area contributed by atoms with E-state index in [1.807, 2.05) is 72.8 Å². The third-order valence-corrected chi connectivity index (χ3v) is 4.51. The summed E-state index contributed by atoms with van der Waals surface area (Å²) >= 11 is 6.13. The highest BCUT2D eigenvalue weighted by Gasteiger charge is 2.16. The molecule has 0 radical (unpaired) electrons. The van der Waals surface area contributed by atoms with Gasteiger partial charge in [-0.05, 0) is 12.1 Å². The standard InChI is InChI=1S/C22H17ClN4O/c23-18-13-7-8-14-19(18)24-20(28)15-27-22(17-11-5-2-6-12-17)25-21(26-27)16-9-3-1-4-10-16/h1-14H,15H2,(H,24,28). The highest BCUT2D eigenvalue weighted by atomic mass is 35.5. The molecule has 6 heteroatoms. The van der Waals surface area contributed by atoms with Crippen molar-refractivity contribution in [2.75, 3.05) is 5.32 Å². The van der Waals surface area contributed by atoms with Gasteiger partial charge in [-0.15, -0.1) is 5.10 Å². The summed E-state index contributed by atoms with van der Waals surface area (Å²) in [5.74, 6) is 0.980. The molecule has 3 aromatic carbocycles. The van der Waals surface area contributed by atoms with Crippen molar-refractivity contribution in [3.63, 3.8) is 0 Å². The Morgan fingerprint density at radius 3 is 2.14 bits per heavy atom. The molecule has 0 saturated carbocycles. The molecule has 4 aromatic rings. The number of anilines is 1. The van der Waals surface area contributed by atoms with Gasteiger partial charge in [0.2, 0.25) is 5.91 Å². The van der Waals surface area contributed by atoms with E-state index in [1.54, 1.807) is 16.8 Å². The SMILES string of the molecule is O=C(Cn1nc(-c2ccccc2)nc1-c1ccccc1)Nc1ccccc1Cl. The number of aromatic nitrogens is 3. The number of hydrogen-bond acceptors (Lipinski definition) is 3. The molecule has 138 valence electrons. The summed E-state index contributed by atoms with van der Waals surface area (Å²) in [4.78, 5) is 17.3. The lowest BCUT2D eigenvalue weighted by molar-refractivity contribution is -0.116. The normalized spacial score (nSPS) is 10.6. The average molecular weight is 389 g/mol. The van der Waals surface area contributed by atoms with E-state index in [0.29, 0.717) is 22.4 Å². The topological polar surface area (TPSA) is 59.8 Å². The second kappa shape index (κ2) is 8.06. The van der Waals surface area contributed by atoms with Gasteiger partial charge in [0.1, 0.15) is 6.54 Å². The summed E-state index contributed by atoms with van der Waals surface area (Å²) in [5, 5.41) is 7.89. The van der Waals surface area contributed by atoms with Crippen molar-refractivity contribution in [2.24, 2.45) is 0 Å². The number of carbonyl (C=O) groups excluding carboxylic acids is 1. The lowest BCUT2D eigenvalue weighted by Crippen LogP contribution is -2.20. The molecule has 0 aliphatic heterocycles. The fourth-order valence-electron chi connectivity index (χ4n) is 2.85. The molecule has 1 amide bonds. The maximum atomic E-state index is 12.6. The molecule has 1 N–H and O–H groups in total. The lowest BCUT2D eigenvalue weighted by Gasteiger charge is -2.08. The summed E-state index contributed by atoms with van der Waals surface area (Å²) in [5.41, 5.74) is 2.35. The zero-order chi connectivity index (χ0) is 19.3. The number of carbonyl (C=O) groups is 1. The first-order valence-corrected chi connectivity index (χ1v) is 9.18. The summed E-state index contributed by atoms with van der Waals surface area (Å²) in [7, 11) is 0. The number of amides is 1. The van der Waals surface area contributed by atoms with E-state index in [4.69, 9.17) is 11.6 Å². The van der Waals surface area contributed by atoms with Crippen molar-refractivity contribution in [1.29, 1.82) is 0 Å². The van der Waals surface area contributed by atoms with Crippen LogP contribution in [0.25, 0.3) is 22.8 Å². The van der Waals surface area contributed by atoms with E-state index < -0.39 is 0 Å². The van der Waals surface area contributed by atoms with Crippen LogP contribution in [0.3, 0.4) is 0 Å². The van der Waals surface area contributed by atoms with Gasteiger partial charge >= 0.3 is 0 Å². The van der Waals surface area contributed by atoms with Crippen LogP contribution in [-0.2, 0) is 11.3 Å². The Morgan fingerprint density at radius 2 is 1.46 bits per heavy atom. The number of benzene rings is 3. The smallest absolute Gasteiger partial charge is 0.246 e. The van der Waals surface area contributed by atoms with Gasteiger partial charge in [0, 0.05) is 11.1 Å². The van der Waals surface area contributed by atoms with Crippen LogP contribution in [0.5, 0.6) is 0 Å². The third-order valence-electron chi connectivity index (χ3n) is 4.18. The molecule has 0 atom stereocenters. The molecule has 5 nitrogen and oxygen atoms in total. The molecule has 0 spiro atoms. The Kier molecular flexibility index (Phi) is 5.17. The third kappa shape index (κ3) is 3.94. The number of para-hydroxylation sites is 1. The molecule has 28 heavy (non-hydrogen) atoms. The number of halogens is 1. The molecular formula is C22H17ClN4O. The van der Waals surface area contributed by atoms with Crippen LogP contribution in [0, 0.1) is 0 Å². The summed E-state index contributed by atoms with van der Waals surface area (Å²) in [6.07, 6.45) is 0. The first kappa shape index (κ1) is 17.9. The molecule has 1 heterocycles. The van der Waals surface area contributed by atoms with Crippen LogP contribution in [0.2, 0.25) is 5.02 Å². The van der Waals surface area contributed by atoms with Crippen molar-refractivity contribution in [3.05, 3.63) is 90.0 Å². The Balaban J connectivity index is 1.66. The quantitative estimate of drug-likeness (QED) is 0.528. The van der Waals surface area contributed by atoms with Crippen LogP contribution in [0.1, 0.15) is 0 Å². The molecule has 1 aromatic heterocycles. The van der Waals surface area contributed by atoms with Crippen molar-refractivity contribution in [2.45, 2.75) is 6.54 Å². The largest absolute Gasteiger partial charge is 0.323 e. The maximum Gasteiger partial charge on any atom is 0.246 e. The highest BCUT2D eigenvalue weighted by Crippen LogP contribution is 2.23. The predicted molar refractivity (Wildman–Crippen MR) is 111 cm³/mol. The highest BCUT2D eigenvalue weighted by molar-refractivity contribution is 6.33. The van der Waals surface area contributed by atoms with Gasteiger partial charge in [0.05, 0.1) is 10.7 Å². The first-order chi connectivity index (χ1) is 13.7. The zero-order valence-electron chi connectivity index (χ0n) is 14.9. The Labute approximate surface area is 167 Å². The Morgan fingerprint density at radius 1 is 0.857 bits per heavy atom. The van der Waals surface area contributed by atoms with Gasteiger partial charge in [-0.2, -0.15) is 0 Å². The van der Waals surface area contributed by atoms with Gasteiger partial charge in [0.25, 0.3) is 0 Å². The molecule has 0 unspecified atom stereocenters. The lowest BCUT2D eigenvalue weighted by atomic mass is 10.2. The Hall–Kier alpha value is -3.44. The van der Waals surface area contributed by atoms with Gasteiger partial charge in [-0.3, -0.25) is 4.79 Å². The molecular weight excluding hydrogens is 372 g/mol. The average Bonchev–Trinajstić information content (AvgIpc) is 3.15. The monoisotopic (exact) mass is 388 g/mol. The fourth-order valence-corrected chi connectivity index (χ4v) is 3.03. The first-order valence-electron chi connectivity index (χ1n) is 8.81. The van der Waals surface area contributed by atoms with Crippen molar-refractivity contribution >= 4 is 23.2 Å².